The maximum Gasteiger partial charge on any atom is 0.133 e. The smallest absolute Gasteiger partial charge is 0.0843 e. The molecule has 0 aromatic heterocycles. The minimum absolute atomic E-state index is 0.812. The van der Waals surface area contributed by atoms with Crippen LogP contribution in [0.2, 0.25) is 5.02 Å². The van der Waals surface area contributed by atoms with Crippen LogP contribution in [-0.2, 0) is 0 Å². The van der Waals surface area contributed by atoms with Crippen LogP contribution < -0.4 is 15.6 Å². The van der Waals surface area contributed by atoms with Gasteiger partial charge in [0.05, 0.1) is 0 Å². The summed E-state index contributed by atoms with van der Waals surface area (Å²) in [6, 6.07) is 29.8. The molecule has 0 amide bonds. The van der Waals surface area contributed by atoms with E-state index in [0.29, 0.717) is 0 Å². The number of hydrogen-bond acceptors (Lipinski definition) is 0. The molecule has 98 valence electrons. The highest BCUT2D eigenvalue weighted by Crippen LogP contribution is 2.05. The lowest BCUT2D eigenvalue weighted by Crippen LogP contribution is -2.51. The van der Waals surface area contributed by atoms with Crippen molar-refractivity contribution < 1.29 is 0 Å². The summed E-state index contributed by atoms with van der Waals surface area (Å²) < 4.78 is 0. The largest absolute Gasteiger partial charge is 0.133 e. The standard InChI is InChI=1S/C18H15ClSi/c19-15-8-7-13-18(14-15)20(16-9-3-1-4-10-16)17-11-5-2-6-12-17/h1-14,20H. The summed E-state index contributed by atoms with van der Waals surface area (Å²) in [5.74, 6) is 0. The zero-order valence-electron chi connectivity index (χ0n) is 11.0. The second kappa shape index (κ2) is 6.08. The Balaban J connectivity index is 2.14. The molecule has 0 saturated heterocycles. The van der Waals surface area contributed by atoms with Crippen molar-refractivity contribution in [1.82, 2.24) is 0 Å². The van der Waals surface area contributed by atoms with Gasteiger partial charge in [0.1, 0.15) is 8.80 Å². The minimum atomic E-state index is -1.42. The first-order valence-corrected chi connectivity index (χ1v) is 8.81. The first-order chi connectivity index (χ1) is 9.84. The van der Waals surface area contributed by atoms with Crippen molar-refractivity contribution in [3.63, 3.8) is 0 Å². The molecule has 0 fully saturated rings. The van der Waals surface area contributed by atoms with Crippen LogP contribution in [0.3, 0.4) is 0 Å². The van der Waals surface area contributed by atoms with Gasteiger partial charge in [-0.2, -0.15) is 0 Å². The van der Waals surface area contributed by atoms with E-state index >= 15 is 0 Å². The topological polar surface area (TPSA) is 0 Å². The van der Waals surface area contributed by atoms with Gasteiger partial charge in [-0.15, -0.1) is 0 Å². The molecule has 0 nitrogen and oxygen atoms in total. The molecule has 0 spiro atoms. The zero-order valence-corrected chi connectivity index (χ0v) is 12.9. The van der Waals surface area contributed by atoms with Crippen LogP contribution in [0, 0.1) is 0 Å². The van der Waals surface area contributed by atoms with Crippen molar-refractivity contribution in [3.05, 3.63) is 90.0 Å². The Morgan fingerprint density at radius 1 is 0.550 bits per heavy atom. The Morgan fingerprint density at radius 3 is 1.55 bits per heavy atom. The minimum Gasteiger partial charge on any atom is -0.0843 e. The van der Waals surface area contributed by atoms with Crippen LogP contribution in [0.25, 0.3) is 0 Å². The van der Waals surface area contributed by atoms with E-state index in [-0.39, 0.29) is 0 Å². The third kappa shape index (κ3) is 2.84. The van der Waals surface area contributed by atoms with E-state index < -0.39 is 8.80 Å². The fraction of sp³-hybridized carbons (Fsp3) is 0. The van der Waals surface area contributed by atoms with Crippen molar-refractivity contribution in [2.45, 2.75) is 0 Å². The first kappa shape index (κ1) is 13.2. The lowest BCUT2D eigenvalue weighted by Gasteiger charge is -2.17. The van der Waals surface area contributed by atoms with Gasteiger partial charge in [0.15, 0.2) is 0 Å². The third-order valence-corrected chi connectivity index (χ3v) is 6.81. The molecule has 3 rings (SSSR count). The molecular formula is C18H15ClSi. The molecule has 0 atom stereocenters. The van der Waals surface area contributed by atoms with Gasteiger partial charge in [-0.05, 0) is 12.1 Å². The summed E-state index contributed by atoms with van der Waals surface area (Å²) in [6.45, 7) is 0. The van der Waals surface area contributed by atoms with Crippen molar-refractivity contribution in [2.75, 3.05) is 0 Å². The van der Waals surface area contributed by atoms with Crippen LogP contribution in [-0.4, -0.2) is 8.80 Å². The summed E-state index contributed by atoms with van der Waals surface area (Å²) in [7, 11) is -1.42. The highest BCUT2D eigenvalue weighted by atomic mass is 35.5. The van der Waals surface area contributed by atoms with Crippen molar-refractivity contribution in [3.8, 4) is 0 Å². The molecule has 20 heavy (non-hydrogen) atoms. The monoisotopic (exact) mass is 294 g/mol. The van der Waals surface area contributed by atoms with Gasteiger partial charge in [-0.1, -0.05) is 100.0 Å². The number of benzene rings is 3. The van der Waals surface area contributed by atoms with Gasteiger partial charge in [0, 0.05) is 5.02 Å². The van der Waals surface area contributed by atoms with Crippen molar-refractivity contribution in [1.29, 1.82) is 0 Å². The Hall–Kier alpha value is -1.83. The van der Waals surface area contributed by atoms with E-state index in [1.54, 1.807) is 0 Å². The van der Waals surface area contributed by atoms with Crippen molar-refractivity contribution >= 4 is 36.0 Å². The van der Waals surface area contributed by atoms with Crippen LogP contribution in [0.15, 0.2) is 84.9 Å². The molecular weight excluding hydrogens is 280 g/mol. The normalized spacial score (nSPS) is 10.7. The molecule has 0 bridgehead atoms. The Bertz CT molecular complexity index is 641. The average molecular weight is 295 g/mol. The molecule has 0 unspecified atom stereocenters. The van der Waals surface area contributed by atoms with Gasteiger partial charge < -0.3 is 0 Å². The summed E-state index contributed by atoms with van der Waals surface area (Å²) in [4.78, 5) is 0. The van der Waals surface area contributed by atoms with Crippen LogP contribution in [0.5, 0.6) is 0 Å². The Morgan fingerprint density at radius 2 is 1.05 bits per heavy atom. The molecule has 0 aliphatic rings. The van der Waals surface area contributed by atoms with Crippen LogP contribution >= 0.6 is 11.6 Å². The molecule has 0 saturated carbocycles. The Labute approximate surface area is 126 Å². The van der Waals surface area contributed by atoms with Gasteiger partial charge >= 0.3 is 0 Å². The molecule has 0 N–H and O–H groups in total. The zero-order chi connectivity index (χ0) is 13.8. The number of halogens is 1. The van der Waals surface area contributed by atoms with Crippen molar-refractivity contribution in [2.24, 2.45) is 0 Å². The summed E-state index contributed by atoms with van der Waals surface area (Å²) in [6.07, 6.45) is 0. The molecule has 2 heteroatoms. The van der Waals surface area contributed by atoms with Gasteiger partial charge in [0.25, 0.3) is 0 Å². The molecule has 0 heterocycles. The lowest BCUT2D eigenvalue weighted by atomic mass is 10.3. The van der Waals surface area contributed by atoms with Crippen LogP contribution in [0.4, 0.5) is 0 Å². The van der Waals surface area contributed by atoms with Gasteiger partial charge in [-0.25, -0.2) is 0 Å². The highest BCUT2D eigenvalue weighted by Gasteiger charge is 2.18. The Kier molecular flexibility index (Phi) is 4.00. The first-order valence-electron chi connectivity index (χ1n) is 6.70. The maximum absolute atomic E-state index is 6.19. The average Bonchev–Trinajstić information content (AvgIpc) is 2.50. The molecule has 0 aliphatic heterocycles. The predicted octanol–water partition coefficient (Wildman–Crippen LogP) is 2.59. The molecule has 0 radical (unpaired) electrons. The second-order valence-corrected chi connectivity index (χ2v) is 8.11. The number of hydrogen-bond donors (Lipinski definition) is 0. The number of rotatable bonds is 3. The molecule has 3 aromatic rings. The van der Waals surface area contributed by atoms with E-state index in [0.717, 1.165) is 5.02 Å². The van der Waals surface area contributed by atoms with E-state index in [9.17, 15) is 0 Å². The lowest BCUT2D eigenvalue weighted by molar-refractivity contribution is 1.71. The molecule has 3 aromatic carbocycles. The van der Waals surface area contributed by atoms with E-state index in [4.69, 9.17) is 11.6 Å². The van der Waals surface area contributed by atoms with Crippen LogP contribution in [0.1, 0.15) is 0 Å². The van der Waals surface area contributed by atoms with E-state index in [2.05, 4.69) is 72.8 Å². The summed E-state index contributed by atoms with van der Waals surface area (Å²) in [5.41, 5.74) is 0. The summed E-state index contributed by atoms with van der Waals surface area (Å²) in [5, 5.41) is 5.00. The highest BCUT2D eigenvalue weighted by molar-refractivity contribution is 6.95. The third-order valence-electron chi connectivity index (χ3n) is 3.45. The second-order valence-electron chi connectivity index (χ2n) is 4.81. The van der Waals surface area contributed by atoms with E-state index in [1.807, 2.05) is 12.1 Å². The summed E-state index contributed by atoms with van der Waals surface area (Å²) >= 11 is 6.19. The quantitative estimate of drug-likeness (QED) is 0.514. The SMILES string of the molecule is Clc1cccc([SiH](c2ccccc2)c2ccccc2)c1. The fourth-order valence-corrected chi connectivity index (χ4v) is 5.88. The van der Waals surface area contributed by atoms with Gasteiger partial charge in [-0.3, -0.25) is 0 Å². The molecule has 0 aliphatic carbocycles. The van der Waals surface area contributed by atoms with E-state index in [1.165, 1.54) is 15.6 Å². The predicted molar refractivity (Wildman–Crippen MR) is 90.4 cm³/mol. The van der Waals surface area contributed by atoms with Gasteiger partial charge in [0.2, 0.25) is 0 Å². The maximum atomic E-state index is 6.19. The fourth-order valence-electron chi connectivity index (χ4n) is 2.55.